The molecule has 1 saturated carbocycles. The molecular weight excluding hydrogens is 256 g/mol. The summed E-state index contributed by atoms with van der Waals surface area (Å²) in [5.41, 5.74) is 9.71. The lowest BCUT2D eigenvalue weighted by atomic mass is 9.73. The third kappa shape index (κ3) is 3.02. The number of hydrogen-bond acceptors (Lipinski definition) is 2. The summed E-state index contributed by atoms with van der Waals surface area (Å²) in [5.74, 6) is 0.732. The second-order valence-electron chi connectivity index (χ2n) is 7.21. The van der Waals surface area contributed by atoms with E-state index in [4.69, 9.17) is 5.73 Å². The van der Waals surface area contributed by atoms with Crippen molar-refractivity contribution in [2.24, 2.45) is 5.73 Å². The topological polar surface area (TPSA) is 29.3 Å². The van der Waals surface area contributed by atoms with Crippen LogP contribution >= 0.6 is 0 Å². The minimum absolute atomic E-state index is 0.273. The lowest BCUT2D eigenvalue weighted by molar-refractivity contribution is 0.347. The highest BCUT2D eigenvalue weighted by atomic mass is 15.1. The Hall–Kier alpha value is -0.860. The van der Waals surface area contributed by atoms with Gasteiger partial charge in [-0.25, -0.2) is 0 Å². The van der Waals surface area contributed by atoms with Gasteiger partial charge in [-0.2, -0.15) is 0 Å². The largest absolute Gasteiger partial charge is 0.330 e. The molecule has 2 fully saturated rings. The van der Waals surface area contributed by atoms with Gasteiger partial charge in [0.1, 0.15) is 0 Å². The summed E-state index contributed by atoms with van der Waals surface area (Å²) in [7, 11) is 2.26. The molecule has 1 saturated heterocycles. The van der Waals surface area contributed by atoms with Gasteiger partial charge in [0, 0.05) is 12.0 Å². The highest BCUT2D eigenvalue weighted by molar-refractivity contribution is 5.38. The van der Waals surface area contributed by atoms with Crippen molar-refractivity contribution in [3.05, 3.63) is 35.4 Å². The normalized spacial score (nSPS) is 26.7. The quantitative estimate of drug-likeness (QED) is 0.919. The highest BCUT2D eigenvalue weighted by Gasteiger charge is 2.36. The molecule has 1 aromatic rings. The maximum atomic E-state index is 6.24. The molecule has 1 aromatic carbocycles. The van der Waals surface area contributed by atoms with E-state index in [9.17, 15) is 0 Å². The SMILES string of the molecule is CN1CCCC(c2ccccc2C2(CN)CCCC2)CC1. The first-order valence-corrected chi connectivity index (χ1v) is 8.73. The second kappa shape index (κ2) is 6.50. The molecular formula is C19H30N2. The standard InChI is InChI=1S/C19H30N2/c1-21-13-6-7-16(10-14-21)17-8-2-3-9-18(17)19(15-20)11-4-5-12-19/h2-3,8-9,16H,4-7,10-15,20H2,1H3. The maximum Gasteiger partial charge on any atom is 0.00783 e. The van der Waals surface area contributed by atoms with Gasteiger partial charge in [0.05, 0.1) is 0 Å². The van der Waals surface area contributed by atoms with Crippen molar-refractivity contribution in [2.45, 2.75) is 56.3 Å². The first-order valence-electron chi connectivity index (χ1n) is 8.73. The molecule has 1 unspecified atom stereocenters. The Morgan fingerprint density at radius 1 is 1.10 bits per heavy atom. The van der Waals surface area contributed by atoms with Crippen LogP contribution in [0.2, 0.25) is 0 Å². The lowest BCUT2D eigenvalue weighted by Crippen LogP contribution is -2.33. The first kappa shape index (κ1) is 15.1. The van der Waals surface area contributed by atoms with Gasteiger partial charge in [-0.3, -0.25) is 0 Å². The van der Waals surface area contributed by atoms with E-state index in [0.717, 1.165) is 12.5 Å². The van der Waals surface area contributed by atoms with Gasteiger partial charge in [-0.05, 0) is 69.3 Å². The van der Waals surface area contributed by atoms with E-state index < -0.39 is 0 Å². The number of hydrogen-bond donors (Lipinski definition) is 1. The average molecular weight is 286 g/mol. The molecule has 1 heterocycles. The molecule has 2 aliphatic rings. The molecule has 1 aliphatic carbocycles. The Kier molecular flexibility index (Phi) is 4.66. The summed E-state index contributed by atoms with van der Waals surface area (Å²) in [6.07, 6.45) is 9.22. The van der Waals surface area contributed by atoms with Gasteiger partial charge >= 0.3 is 0 Å². The van der Waals surface area contributed by atoms with Crippen LogP contribution in [0.5, 0.6) is 0 Å². The third-order valence-electron chi connectivity index (χ3n) is 5.88. The molecule has 2 nitrogen and oxygen atoms in total. The average Bonchev–Trinajstić information content (AvgIpc) is 2.91. The van der Waals surface area contributed by atoms with Crippen LogP contribution in [-0.2, 0) is 5.41 Å². The Morgan fingerprint density at radius 3 is 2.62 bits per heavy atom. The molecule has 0 bridgehead atoms. The zero-order chi connectivity index (χ0) is 14.7. The van der Waals surface area contributed by atoms with Crippen LogP contribution < -0.4 is 5.73 Å². The van der Waals surface area contributed by atoms with Gasteiger partial charge in [0.2, 0.25) is 0 Å². The molecule has 2 N–H and O–H groups in total. The van der Waals surface area contributed by atoms with E-state index in [1.807, 2.05) is 0 Å². The van der Waals surface area contributed by atoms with Crippen LogP contribution in [-0.4, -0.2) is 31.6 Å². The summed E-state index contributed by atoms with van der Waals surface area (Å²) < 4.78 is 0. The van der Waals surface area contributed by atoms with E-state index in [2.05, 4.69) is 36.2 Å². The number of benzene rings is 1. The van der Waals surface area contributed by atoms with E-state index in [1.54, 1.807) is 11.1 Å². The predicted molar refractivity (Wildman–Crippen MR) is 89.7 cm³/mol. The molecule has 1 aliphatic heterocycles. The Morgan fingerprint density at radius 2 is 1.86 bits per heavy atom. The van der Waals surface area contributed by atoms with E-state index in [1.165, 1.54) is 58.0 Å². The van der Waals surface area contributed by atoms with Crippen LogP contribution in [0.4, 0.5) is 0 Å². The summed E-state index contributed by atoms with van der Waals surface area (Å²) in [4.78, 5) is 2.48. The van der Waals surface area contributed by atoms with Crippen molar-refractivity contribution < 1.29 is 0 Å². The summed E-state index contributed by atoms with van der Waals surface area (Å²) in [6.45, 7) is 3.30. The second-order valence-corrected chi connectivity index (χ2v) is 7.21. The monoisotopic (exact) mass is 286 g/mol. The summed E-state index contributed by atoms with van der Waals surface area (Å²) in [6, 6.07) is 9.22. The minimum Gasteiger partial charge on any atom is -0.330 e. The number of rotatable bonds is 3. The van der Waals surface area contributed by atoms with E-state index in [0.29, 0.717) is 0 Å². The summed E-state index contributed by atoms with van der Waals surface area (Å²) in [5, 5.41) is 0. The van der Waals surface area contributed by atoms with Gasteiger partial charge < -0.3 is 10.6 Å². The molecule has 3 rings (SSSR count). The van der Waals surface area contributed by atoms with Crippen molar-refractivity contribution in [3.8, 4) is 0 Å². The fourth-order valence-corrected chi connectivity index (χ4v) is 4.52. The fraction of sp³-hybridized carbons (Fsp3) is 0.684. The van der Waals surface area contributed by atoms with Gasteiger partial charge in [-0.15, -0.1) is 0 Å². The van der Waals surface area contributed by atoms with E-state index in [-0.39, 0.29) is 5.41 Å². The Balaban J connectivity index is 1.92. The van der Waals surface area contributed by atoms with Gasteiger partial charge in [0.25, 0.3) is 0 Å². The molecule has 0 amide bonds. The van der Waals surface area contributed by atoms with Crippen LogP contribution in [0, 0.1) is 0 Å². The maximum absolute atomic E-state index is 6.24. The van der Waals surface area contributed by atoms with Crippen molar-refractivity contribution in [1.82, 2.24) is 4.90 Å². The summed E-state index contributed by atoms with van der Waals surface area (Å²) >= 11 is 0. The molecule has 2 heteroatoms. The predicted octanol–water partition coefficient (Wildman–Crippen LogP) is 3.66. The Labute approximate surface area is 129 Å². The van der Waals surface area contributed by atoms with Crippen molar-refractivity contribution in [2.75, 3.05) is 26.7 Å². The highest BCUT2D eigenvalue weighted by Crippen LogP contribution is 2.44. The van der Waals surface area contributed by atoms with Gasteiger partial charge in [-0.1, -0.05) is 37.1 Å². The molecule has 116 valence electrons. The van der Waals surface area contributed by atoms with Crippen molar-refractivity contribution in [3.63, 3.8) is 0 Å². The molecule has 0 aromatic heterocycles. The lowest BCUT2D eigenvalue weighted by Gasteiger charge is -2.32. The van der Waals surface area contributed by atoms with Crippen LogP contribution in [0.3, 0.4) is 0 Å². The van der Waals surface area contributed by atoms with Crippen LogP contribution in [0.25, 0.3) is 0 Å². The molecule has 0 radical (unpaired) electrons. The van der Waals surface area contributed by atoms with Crippen LogP contribution in [0.15, 0.2) is 24.3 Å². The molecule has 21 heavy (non-hydrogen) atoms. The number of nitrogens with zero attached hydrogens (tertiary/aromatic N) is 1. The van der Waals surface area contributed by atoms with Crippen molar-refractivity contribution >= 4 is 0 Å². The zero-order valence-corrected chi connectivity index (χ0v) is 13.5. The third-order valence-corrected chi connectivity index (χ3v) is 5.88. The smallest absolute Gasteiger partial charge is 0.00783 e. The number of nitrogens with two attached hydrogens (primary N) is 1. The molecule has 0 spiro atoms. The first-order chi connectivity index (χ1) is 10.2. The number of likely N-dealkylation sites (tertiary alicyclic amines) is 1. The van der Waals surface area contributed by atoms with E-state index >= 15 is 0 Å². The Bertz CT molecular complexity index is 462. The molecule has 1 atom stereocenters. The van der Waals surface area contributed by atoms with Gasteiger partial charge in [0.15, 0.2) is 0 Å². The minimum atomic E-state index is 0.273. The van der Waals surface area contributed by atoms with Crippen LogP contribution in [0.1, 0.15) is 62.0 Å². The van der Waals surface area contributed by atoms with Crippen molar-refractivity contribution in [1.29, 1.82) is 0 Å². The zero-order valence-electron chi connectivity index (χ0n) is 13.5. The fourth-order valence-electron chi connectivity index (χ4n) is 4.52.